The van der Waals surface area contributed by atoms with E-state index in [9.17, 15) is 0 Å². The quantitative estimate of drug-likeness (QED) is 0.828. The lowest BCUT2D eigenvalue weighted by molar-refractivity contribution is 0.122. The van der Waals surface area contributed by atoms with Crippen molar-refractivity contribution >= 4 is 5.95 Å². The zero-order chi connectivity index (χ0) is 17.2. The maximum Gasteiger partial charge on any atom is 0.225 e. The van der Waals surface area contributed by atoms with Crippen molar-refractivity contribution in [2.75, 3.05) is 44.3 Å². The maximum absolute atomic E-state index is 5.45. The number of morpholine rings is 1. The summed E-state index contributed by atoms with van der Waals surface area (Å²) in [6, 6.07) is 0. The van der Waals surface area contributed by atoms with Crippen molar-refractivity contribution in [2.45, 2.75) is 26.3 Å². The second-order valence-corrected chi connectivity index (χ2v) is 6.93. The van der Waals surface area contributed by atoms with Crippen LogP contribution in [0.1, 0.15) is 22.5 Å². The van der Waals surface area contributed by atoms with Crippen molar-refractivity contribution in [3.8, 4) is 0 Å². The Morgan fingerprint density at radius 2 is 1.88 bits per heavy atom. The first-order valence-electron chi connectivity index (χ1n) is 9.08. The van der Waals surface area contributed by atoms with E-state index in [1.165, 1.54) is 16.8 Å². The van der Waals surface area contributed by atoms with E-state index in [1.54, 1.807) is 0 Å². The van der Waals surface area contributed by atoms with E-state index in [4.69, 9.17) is 14.7 Å². The molecule has 0 spiro atoms. The summed E-state index contributed by atoms with van der Waals surface area (Å²) in [5.41, 5.74) is 4.97. The van der Waals surface area contributed by atoms with E-state index in [0.29, 0.717) is 0 Å². The van der Waals surface area contributed by atoms with Crippen molar-refractivity contribution in [2.24, 2.45) is 7.05 Å². The fraction of sp³-hybridized carbons (Fsp3) is 0.611. The Kier molecular flexibility index (Phi) is 4.67. The highest BCUT2D eigenvalue weighted by Crippen LogP contribution is 2.21. The lowest BCUT2D eigenvalue weighted by Gasteiger charge is -2.27. The van der Waals surface area contributed by atoms with Gasteiger partial charge in [0.25, 0.3) is 0 Å². The number of nitrogens with zero attached hydrogens (tertiary/aromatic N) is 6. The fourth-order valence-corrected chi connectivity index (χ4v) is 3.69. The number of aryl methyl sites for hydroxylation is 2. The summed E-state index contributed by atoms with van der Waals surface area (Å²) in [5, 5.41) is 4.27. The Labute approximate surface area is 148 Å². The van der Waals surface area contributed by atoms with Crippen LogP contribution in [0.4, 0.5) is 5.95 Å². The van der Waals surface area contributed by atoms with Gasteiger partial charge in [0, 0.05) is 63.6 Å². The molecular weight excluding hydrogens is 316 g/mol. The molecule has 2 aromatic heterocycles. The third kappa shape index (κ3) is 3.67. The van der Waals surface area contributed by atoms with E-state index in [0.717, 1.165) is 70.4 Å². The minimum Gasteiger partial charge on any atom is -0.378 e. The van der Waals surface area contributed by atoms with Crippen molar-refractivity contribution in [3.05, 3.63) is 34.9 Å². The minimum atomic E-state index is 0.762. The first kappa shape index (κ1) is 16.5. The van der Waals surface area contributed by atoms with Gasteiger partial charge in [0.2, 0.25) is 5.95 Å². The summed E-state index contributed by atoms with van der Waals surface area (Å²) in [5.74, 6) is 0.875. The number of rotatable bonds is 3. The second kappa shape index (κ2) is 7.09. The fourth-order valence-electron chi connectivity index (χ4n) is 3.69. The summed E-state index contributed by atoms with van der Waals surface area (Å²) in [4.78, 5) is 14.4. The molecule has 0 saturated carbocycles. The van der Waals surface area contributed by atoms with Gasteiger partial charge in [-0.3, -0.25) is 9.58 Å². The first-order valence-corrected chi connectivity index (χ1v) is 9.08. The minimum absolute atomic E-state index is 0.762. The molecule has 2 aliphatic rings. The van der Waals surface area contributed by atoms with Gasteiger partial charge in [-0.25, -0.2) is 9.97 Å². The summed E-state index contributed by atoms with van der Waals surface area (Å²) in [6.07, 6.45) is 6.06. The number of anilines is 1. The zero-order valence-corrected chi connectivity index (χ0v) is 15.1. The van der Waals surface area contributed by atoms with Crippen LogP contribution in [-0.4, -0.2) is 64.0 Å². The molecule has 0 aliphatic carbocycles. The predicted octanol–water partition coefficient (Wildman–Crippen LogP) is 0.956. The highest BCUT2D eigenvalue weighted by atomic mass is 16.5. The van der Waals surface area contributed by atoms with Crippen molar-refractivity contribution in [1.29, 1.82) is 0 Å². The highest BCUT2D eigenvalue weighted by Gasteiger charge is 2.21. The molecule has 0 atom stereocenters. The lowest BCUT2D eigenvalue weighted by atomic mass is 10.1. The molecule has 4 rings (SSSR count). The van der Waals surface area contributed by atoms with Gasteiger partial charge in [0.1, 0.15) is 0 Å². The van der Waals surface area contributed by atoms with E-state index in [2.05, 4.69) is 28.0 Å². The Balaban J connectivity index is 1.49. The summed E-state index contributed by atoms with van der Waals surface area (Å²) < 4.78 is 7.31. The van der Waals surface area contributed by atoms with Crippen molar-refractivity contribution in [3.63, 3.8) is 0 Å². The van der Waals surface area contributed by atoms with Gasteiger partial charge in [-0.1, -0.05) is 0 Å². The number of aromatic nitrogens is 4. The van der Waals surface area contributed by atoms with Crippen LogP contribution in [0.3, 0.4) is 0 Å². The molecule has 0 unspecified atom stereocenters. The molecule has 2 aliphatic heterocycles. The number of ether oxygens (including phenoxy) is 1. The van der Waals surface area contributed by atoms with Crippen molar-refractivity contribution in [1.82, 2.24) is 24.6 Å². The summed E-state index contributed by atoms with van der Waals surface area (Å²) >= 11 is 0. The third-order valence-electron chi connectivity index (χ3n) is 5.09. The number of hydrogen-bond acceptors (Lipinski definition) is 6. The number of fused-ring (bicyclic) bond motifs is 1. The Morgan fingerprint density at radius 3 is 2.64 bits per heavy atom. The summed E-state index contributed by atoms with van der Waals surface area (Å²) in [6.45, 7) is 8.43. The summed E-state index contributed by atoms with van der Waals surface area (Å²) in [7, 11) is 1.97. The van der Waals surface area contributed by atoms with Gasteiger partial charge in [-0.15, -0.1) is 0 Å². The number of hydrogen-bond donors (Lipinski definition) is 0. The SMILES string of the molecule is Cc1nc(N2CCOCC2)nc2c1CCN(Cc1cnn(C)c1)CC2. The van der Waals surface area contributed by atoms with Crippen LogP contribution >= 0.6 is 0 Å². The Bertz CT molecular complexity index is 737. The lowest BCUT2D eigenvalue weighted by Crippen LogP contribution is -2.37. The molecule has 25 heavy (non-hydrogen) atoms. The average Bonchev–Trinajstić information content (AvgIpc) is 2.91. The predicted molar refractivity (Wildman–Crippen MR) is 95.7 cm³/mol. The molecule has 7 heteroatoms. The monoisotopic (exact) mass is 342 g/mol. The van der Waals surface area contributed by atoms with E-state index in [-0.39, 0.29) is 0 Å². The molecule has 4 heterocycles. The Hall–Kier alpha value is -1.99. The molecule has 0 aromatic carbocycles. The van der Waals surface area contributed by atoms with Crippen molar-refractivity contribution < 1.29 is 4.74 Å². The van der Waals surface area contributed by atoms with Gasteiger partial charge >= 0.3 is 0 Å². The molecule has 134 valence electrons. The zero-order valence-electron chi connectivity index (χ0n) is 15.1. The van der Waals surface area contributed by atoms with Gasteiger partial charge < -0.3 is 9.64 Å². The van der Waals surface area contributed by atoms with E-state index < -0.39 is 0 Å². The molecule has 2 aromatic rings. The average molecular weight is 342 g/mol. The molecule has 0 N–H and O–H groups in total. The first-order chi connectivity index (χ1) is 12.2. The highest BCUT2D eigenvalue weighted by molar-refractivity contribution is 5.38. The second-order valence-electron chi connectivity index (χ2n) is 6.93. The molecule has 7 nitrogen and oxygen atoms in total. The molecule has 1 fully saturated rings. The molecule has 0 amide bonds. The van der Waals surface area contributed by atoms with Gasteiger partial charge in [-0.2, -0.15) is 5.10 Å². The Morgan fingerprint density at radius 1 is 1.08 bits per heavy atom. The van der Waals surface area contributed by atoms with E-state index >= 15 is 0 Å². The van der Waals surface area contributed by atoms with Crippen LogP contribution in [0.15, 0.2) is 12.4 Å². The van der Waals surface area contributed by atoms with Crippen LogP contribution in [-0.2, 0) is 31.2 Å². The standard InChI is InChI=1S/C18H26N6O/c1-14-16-3-5-23(13-15-11-19-22(2)12-15)6-4-17(16)21-18(20-14)24-7-9-25-10-8-24/h11-12H,3-10,13H2,1-2H3. The molecule has 0 bridgehead atoms. The largest absolute Gasteiger partial charge is 0.378 e. The van der Waals surface area contributed by atoms with Crippen LogP contribution in [0.2, 0.25) is 0 Å². The van der Waals surface area contributed by atoms with Crippen LogP contribution in [0, 0.1) is 6.92 Å². The maximum atomic E-state index is 5.45. The van der Waals surface area contributed by atoms with Gasteiger partial charge in [0.05, 0.1) is 25.1 Å². The van der Waals surface area contributed by atoms with Crippen LogP contribution in [0.5, 0.6) is 0 Å². The van der Waals surface area contributed by atoms with Crippen LogP contribution < -0.4 is 4.90 Å². The molecule has 1 saturated heterocycles. The third-order valence-corrected chi connectivity index (χ3v) is 5.09. The van der Waals surface area contributed by atoms with Gasteiger partial charge in [-0.05, 0) is 18.9 Å². The molecular formula is C18H26N6O. The normalized spacial score (nSPS) is 18.9. The van der Waals surface area contributed by atoms with Crippen LogP contribution in [0.25, 0.3) is 0 Å². The smallest absolute Gasteiger partial charge is 0.225 e. The van der Waals surface area contributed by atoms with E-state index in [1.807, 2.05) is 17.9 Å². The molecule has 0 radical (unpaired) electrons. The topological polar surface area (TPSA) is 59.3 Å². The van der Waals surface area contributed by atoms with Gasteiger partial charge in [0.15, 0.2) is 0 Å².